The summed E-state index contributed by atoms with van der Waals surface area (Å²) in [6.45, 7) is 15.7. The average molecular weight is 186 g/mol. The van der Waals surface area contributed by atoms with Crippen molar-refractivity contribution in [1.82, 2.24) is 9.80 Å². The molecule has 80 valence electrons. The molecule has 2 nitrogen and oxygen atoms in total. The summed E-state index contributed by atoms with van der Waals surface area (Å²) in [5.41, 5.74) is 0.262. The molecule has 1 unspecified atom stereocenters. The number of hydrogen-bond donors (Lipinski definition) is 0. The average Bonchev–Trinajstić information content (AvgIpc) is 2.01. The molecule has 0 rings (SSSR count). The molecule has 0 radical (unpaired) electrons. The minimum Gasteiger partial charge on any atom is -0.291 e. The van der Waals surface area contributed by atoms with E-state index in [1.165, 1.54) is 0 Å². The summed E-state index contributed by atoms with van der Waals surface area (Å²) in [5.74, 6) is 0. The molecular formula is C11H26N2. The fourth-order valence-corrected chi connectivity index (χ4v) is 1.80. The number of rotatable bonds is 4. The van der Waals surface area contributed by atoms with Gasteiger partial charge in [0.05, 0.1) is 6.17 Å². The third-order valence-corrected chi connectivity index (χ3v) is 2.79. The minimum atomic E-state index is 0.262. The molecule has 2 heteroatoms. The third-order valence-electron chi connectivity index (χ3n) is 2.79. The van der Waals surface area contributed by atoms with E-state index >= 15 is 0 Å². The van der Waals surface area contributed by atoms with Crippen LogP contribution in [-0.2, 0) is 0 Å². The van der Waals surface area contributed by atoms with Crippen molar-refractivity contribution in [3.8, 4) is 0 Å². The van der Waals surface area contributed by atoms with Crippen LogP contribution >= 0.6 is 0 Å². The van der Waals surface area contributed by atoms with E-state index in [9.17, 15) is 0 Å². The van der Waals surface area contributed by atoms with Crippen LogP contribution in [0.4, 0.5) is 0 Å². The summed E-state index contributed by atoms with van der Waals surface area (Å²) in [7, 11) is 2.18. The molecule has 0 aromatic carbocycles. The molecule has 0 aromatic rings. The second-order valence-corrected chi connectivity index (χ2v) is 4.66. The summed E-state index contributed by atoms with van der Waals surface area (Å²) >= 11 is 0. The van der Waals surface area contributed by atoms with Gasteiger partial charge in [-0.2, -0.15) is 0 Å². The number of nitrogens with zero attached hydrogens (tertiary/aromatic N) is 2. The molecule has 0 N–H and O–H groups in total. The fourth-order valence-electron chi connectivity index (χ4n) is 1.80. The van der Waals surface area contributed by atoms with Crippen molar-refractivity contribution < 1.29 is 0 Å². The van der Waals surface area contributed by atoms with Crippen molar-refractivity contribution >= 4 is 0 Å². The molecule has 0 saturated heterocycles. The molecule has 0 spiro atoms. The van der Waals surface area contributed by atoms with E-state index in [0.717, 1.165) is 13.1 Å². The van der Waals surface area contributed by atoms with Gasteiger partial charge in [-0.3, -0.25) is 9.80 Å². The van der Waals surface area contributed by atoms with E-state index in [-0.39, 0.29) is 5.54 Å². The van der Waals surface area contributed by atoms with Crippen LogP contribution < -0.4 is 0 Å². The predicted molar refractivity (Wildman–Crippen MR) is 59.9 cm³/mol. The maximum Gasteiger partial charge on any atom is 0.0595 e. The van der Waals surface area contributed by atoms with Crippen molar-refractivity contribution in [2.75, 3.05) is 20.1 Å². The molecule has 0 aromatic heterocycles. The zero-order chi connectivity index (χ0) is 10.6. The maximum absolute atomic E-state index is 2.51. The van der Waals surface area contributed by atoms with Gasteiger partial charge in [-0.1, -0.05) is 13.8 Å². The van der Waals surface area contributed by atoms with E-state index in [4.69, 9.17) is 0 Å². The third kappa shape index (κ3) is 3.65. The zero-order valence-electron chi connectivity index (χ0n) is 10.4. The fraction of sp³-hybridized carbons (Fsp3) is 1.00. The lowest BCUT2D eigenvalue weighted by molar-refractivity contribution is 0.0132. The predicted octanol–water partition coefficient (Wildman–Crippen LogP) is 2.40. The van der Waals surface area contributed by atoms with Crippen molar-refractivity contribution in [2.45, 2.75) is 53.2 Å². The molecule has 0 saturated carbocycles. The Labute approximate surface area is 83.9 Å². The van der Waals surface area contributed by atoms with E-state index < -0.39 is 0 Å². The normalized spacial score (nSPS) is 15.5. The highest BCUT2D eigenvalue weighted by Gasteiger charge is 2.26. The smallest absolute Gasteiger partial charge is 0.0595 e. The van der Waals surface area contributed by atoms with E-state index in [1.54, 1.807) is 0 Å². The molecule has 0 aliphatic heterocycles. The topological polar surface area (TPSA) is 6.48 Å². The van der Waals surface area contributed by atoms with Gasteiger partial charge in [0.1, 0.15) is 0 Å². The van der Waals surface area contributed by atoms with E-state index in [0.29, 0.717) is 6.17 Å². The van der Waals surface area contributed by atoms with Gasteiger partial charge in [-0.15, -0.1) is 0 Å². The first kappa shape index (κ1) is 12.9. The van der Waals surface area contributed by atoms with Gasteiger partial charge in [0, 0.05) is 5.54 Å². The van der Waals surface area contributed by atoms with Gasteiger partial charge >= 0.3 is 0 Å². The summed E-state index contributed by atoms with van der Waals surface area (Å²) in [6, 6.07) is 0. The highest BCUT2D eigenvalue weighted by Crippen LogP contribution is 2.17. The second kappa shape index (κ2) is 4.97. The van der Waals surface area contributed by atoms with Crippen molar-refractivity contribution in [2.24, 2.45) is 0 Å². The van der Waals surface area contributed by atoms with Crippen LogP contribution in [0, 0.1) is 0 Å². The van der Waals surface area contributed by atoms with Gasteiger partial charge in [0.2, 0.25) is 0 Å². The molecule has 0 amide bonds. The molecule has 0 fully saturated rings. The largest absolute Gasteiger partial charge is 0.291 e. The van der Waals surface area contributed by atoms with Crippen molar-refractivity contribution in [3.05, 3.63) is 0 Å². The Hall–Kier alpha value is -0.0800. The molecule has 13 heavy (non-hydrogen) atoms. The van der Waals surface area contributed by atoms with E-state index in [2.05, 4.69) is 58.4 Å². The first-order valence-electron chi connectivity index (χ1n) is 5.31. The summed E-state index contributed by atoms with van der Waals surface area (Å²) < 4.78 is 0. The number of hydrogen-bond acceptors (Lipinski definition) is 2. The summed E-state index contributed by atoms with van der Waals surface area (Å²) in [4.78, 5) is 4.88. The van der Waals surface area contributed by atoms with Crippen molar-refractivity contribution in [1.29, 1.82) is 0 Å². The summed E-state index contributed by atoms with van der Waals surface area (Å²) in [6.07, 6.45) is 0.523. The molecular weight excluding hydrogens is 160 g/mol. The van der Waals surface area contributed by atoms with Crippen LogP contribution in [0.3, 0.4) is 0 Å². The first-order valence-corrected chi connectivity index (χ1v) is 5.31. The quantitative estimate of drug-likeness (QED) is 0.622. The van der Waals surface area contributed by atoms with Gasteiger partial charge in [-0.25, -0.2) is 0 Å². The van der Waals surface area contributed by atoms with Crippen LogP contribution in [0.1, 0.15) is 41.5 Å². The van der Waals surface area contributed by atoms with Gasteiger partial charge in [-0.05, 0) is 47.8 Å². The molecule has 0 aliphatic rings. The van der Waals surface area contributed by atoms with Crippen LogP contribution in [-0.4, -0.2) is 41.6 Å². The lowest BCUT2D eigenvalue weighted by Gasteiger charge is -2.43. The first-order chi connectivity index (χ1) is 5.84. The van der Waals surface area contributed by atoms with Gasteiger partial charge in [0.25, 0.3) is 0 Å². The zero-order valence-corrected chi connectivity index (χ0v) is 10.4. The highest BCUT2D eigenvalue weighted by atomic mass is 15.4. The maximum atomic E-state index is 2.51. The lowest BCUT2D eigenvalue weighted by atomic mass is 10.1. The van der Waals surface area contributed by atoms with E-state index in [1.807, 2.05) is 0 Å². The molecule has 0 bridgehead atoms. The van der Waals surface area contributed by atoms with Crippen molar-refractivity contribution in [3.63, 3.8) is 0 Å². The molecule has 0 aliphatic carbocycles. The Morgan fingerprint density at radius 1 is 1.08 bits per heavy atom. The minimum absolute atomic E-state index is 0.262. The summed E-state index contributed by atoms with van der Waals surface area (Å²) in [5, 5.41) is 0. The monoisotopic (exact) mass is 186 g/mol. The van der Waals surface area contributed by atoms with Gasteiger partial charge < -0.3 is 0 Å². The van der Waals surface area contributed by atoms with Gasteiger partial charge in [0.15, 0.2) is 0 Å². The highest BCUT2D eigenvalue weighted by molar-refractivity contribution is 4.79. The lowest BCUT2D eigenvalue weighted by Crippen LogP contribution is -2.53. The standard InChI is InChI=1S/C11H26N2/c1-8-12(7)10(3)13(9-2)11(4,5)6/h10H,8-9H2,1-7H3. The van der Waals surface area contributed by atoms with Crippen LogP contribution in [0.5, 0.6) is 0 Å². The SMILES string of the molecule is CCN(C)C(C)N(CC)C(C)(C)C. The van der Waals surface area contributed by atoms with Crippen LogP contribution in [0.15, 0.2) is 0 Å². The van der Waals surface area contributed by atoms with Crippen LogP contribution in [0.2, 0.25) is 0 Å². The van der Waals surface area contributed by atoms with Crippen LogP contribution in [0.25, 0.3) is 0 Å². The Morgan fingerprint density at radius 2 is 1.54 bits per heavy atom. The Bertz CT molecular complexity index is 138. The Kier molecular flexibility index (Phi) is 4.93. The molecule has 1 atom stereocenters. The molecule has 0 heterocycles. The Balaban J connectivity index is 4.40. The Morgan fingerprint density at radius 3 is 1.77 bits per heavy atom. The second-order valence-electron chi connectivity index (χ2n) is 4.66.